The monoisotopic (exact) mass is 354 g/mol. The number of ether oxygens (including phenoxy) is 1. The molecular weight excluding hydrogens is 324 g/mol. The van der Waals surface area contributed by atoms with Gasteiger partial charge in [-0.1, -0.05) is 42.5 Å². The second kappa shape index (κ2) is 11.2. The van der Waals surface area contributed by atoms with Crippen LogP contribution in [0.4, 0.5) is 0 Å². The number of nitrogens with one attached hydrogen (secondary N) is 1. The Morgan fingerprint density at radius 3 is 2.46 bits per heavy atom. The van der Waals surface area contributed by atoms with Crippen molar-refractivity contribution in [3.63, 3.8) is 0 Å². The van der Waals surface area contributed by atoms with Crippen molar-refractivity contribution in [2.24, 2.45) is 10.7 Å². The smallest absolute Gasteiger partial charge is 0.188 e. The minimum Gasteiger partial charge on any atom is -0.494 e. The molecule has 0 saturated carbocycles. The molecule has 5 nitrogen and oxygen atoms in total. The fourth-order valence-corrected chi connectivity index (χ4v) is 2.47. The third-order valence-electron chi connectivity index (χ3n) is 3.94. The quantitative estimate of drug-likeness (QED) is 0.391. The van der Waals surface area contributed by atoms with Gasteiger partial charge in [0.2, 0.25) is 0 Å². The van der Waals surface area contributed by atoms with Gasteiger partial charge in [-0.3, -0.25) is 0 Å². The van der Waals surface area contributed by atoms with Crippen LogP contribution < -0.4 is 15.8 Å². The Hall–Kier alpha value is -2.53. The van der Waals surface area contributed by atoms with Gasteiger partial charge >= 0.3 is 0 Å². The fraction of sp³-hybridized carbons (Fsp3) is 0.381. The maximum absolute atomic E-state index is 5.93. The van der Waals surface area contributed by atoms with Gasteiger partial charge in [0.05, 0.1) is 13.2 Å². The minimum absolute atomic E-state index is 0.477. The lowest BCUT2D eigenvalue weighted by atomic mass is 10.1. The van der Waals surface area contributed by atoms with Crippen LogP contribution in [-0.4, -0.2) is 44.7 Å². The Labute approximate surface area is 156 Å². The minimum atomic E-state index is 0.477. The number of hydrogen-bond donors (Lipinski definition) is 2. The van der Waals surface area contributed by atoms with E-state index in [1.165, 1.54) is 5.56 Å². The molecule has 3 N–H and O–H groups in total. The van der Waals surface area contributed by atoms with Crippen molar-refractivity contribution in [2.45, 2.75) is 19.4 Å². The highest BCUT2D eigenvalue weighted by atomic mass is 16.5. The second-order valence-corrected chi connectivity index (χ2v) is 6.51. The van der Waals surface area contributed by atoms with Crippen LogP contribution in [-0.2, 0) is 13.0 Å². The molecule has 0 saturated heterocycles. The number of benzene rings is 2. The molecule has 26 heavy (non-hydrogen) atoms. The first-order valence-corrected chi connectivity index (χ1v) is 9.07. The van der Waals surface area contributed by atoms with E-state index in [9.17, 15) is 0 Å². The van der Waals surface area contributed by atoms with Gasteiger partial charge in [-0.2, -0.15) is 0 Å². The number of aliphatic imine (C=N–C) groups is 1. The summed E-state index contributed by atoms with van der Waals surface area (Å²) in [7, 11) is 4.13. The van der Waals surface area contributed by atoms with Crippen LogP contribution in [0.5, 0.6) is 5.75 Å². The SMILES string of the molecule is CN(C)CCCOc1ccc(CN=C(N)NCCc2ccccc2)cc1. The van der Waals surface area contributed by atoms with Crippen molar-refractivity contribution in [3.05, 3.63) is 65.7 Å². The van der Waals surface area contributed by atoms with E-state index in [2.05, 4.69) is 41.4 Å². The number of hydrogen-bond acceptors (Lipinski definition) is 3. The third kappa shape index (κ3) is 8.03. The normalized spacial score (nSPS) is 11.6. The van der Waals surface area contributed by atoms with E-state index < -0.39 is 0 Å². The summed E-state index contributed by atoms with van der Waals surface area (Å²) in [6.45, 7) is 3.10. The number of nitrogens with zero attached hydrogens (tertiary/aromatic N) is 2. The van der Waals surface area contributed by atoms with Crippen LogP contribution in [0.2, 0.25) is 0 Å². The standard InChI is InChI=1S/C21H30N4O/c1-25(2)15-6-16-26-20-11-9-19(10-12-20)17-24-21(22)23-14-13-18-7-4-3-5-8-18/h3-5,7-12H,6,13-17H2,1-2H3,(H3,22,23,24). The molecule has 140 valence electrons. The summed E-state index contributed by atoms with van der Waals surface area (Å²) in [5, 5.41) is 3.16. The van der Waals surface area contributed by atoms with Crippen LogP contribution in [0.3, 0.4) is 0 Å². The average Bonchev–Trinajstić information content (AvgIpc) is 2.65. The van der Waals surface area contributed by atoms with Crippen LogP contribution in [0, 0.1) is 0 Å². The van der Waals surface area contributed by atoms with E-state index in [1.54, 1.807) is 0 Å². The summed E-state index contributed by atoms with van der Waals surface area (Å²) < 4.78 is 5.73. The molecule has 0 radical (unpaired) electrons. The lowest BCUT2D eigenvalue weighted by Crippen LogP contribution is -2.33. The summed E-state index contributed by atoms with van der Waals surface area (Å²) in [6.07, 6.45) is 1.95. The van der Waals surface area contributed by atoms with Gasteiger partial charge < -0.3 is 20.7 Å². The van der Waals surface area contributed by atoms with Gasteiger partial charge in [-0.05, 0) is 50.2 Å². The predicted molar refractivity (Wildman–Crippen MR) is 109 cm³/mol. The molecule has 2 aromatic carbocycles. The average molecular weight is 354 g/mol. The fourth-order valence-electron chi connectivity index (χ4n) is 2.47. The Bertz CT molecular complexity index is 653. The van der Waals surface area contributed by atoms with Crippen molar-refractivity contribution in [1.82, 2.24) is 10.2 Å². The summed E-state index contributed by atoms with van der Waals surface area (Å²) in [5.74, 6) is 1.37. The molecule has 5 heteroatoms. The van der Waals surface area contributed by atoms with Crippen LogP contribution >= 0.6 is 0 Å². The summed E-state index contributed by atoms with van der Waals surface area (Å²) in [5.41, 5.74) is 8.33. The molecule has 0 fully saturated rings. The molecule has 0 aliphatic rings. The predicted octanol–water partition coefficient (Wildman–Crippen LogP) is 2.66. The van der Waals surface area contributed by atoms with E-state index >= 15 is 0 Å². The number of rotatable bonds is 10. The molecule has 0 atom stereocenters. The van der Waals surface area contributed by atoms with Gasteiger partial charge in [0.1, 0.15) is 5.75 Å². The van der Waals surface area contributed by atoms with Gasteiger partial charge in [0, 0.05) is 13.1 Å². The van der Waals surface area contributed by atoms with Gasteiger partial charge in [-0.25, -0.2) is 4.99 Å². The Morgan fingerprint density at radius 2 is 1.77 bits per heavy atom. The Balaban J connectivity index is 1.68. The summed E-state index contributed by atoms with van der Waals surface area (Å²) in [6, 6.07) is 18.4. The zero-order valence-corrected chi connectivity index (χ0v) is 15.8. The van der Waals surface area contributed by atoms with Crippen molar-refractivity contribution in [2.75, 3.05) is 33.8 Å². The lowest BCUT2D eigenvalue weighted by Gasteiger charge is -2.10. The maximum atomic E-state index is 5.93. The highest BCUT2D eigenvalue weighted by molar-refractivity contribution is 5.77. The first kappa shape index (κ1) is 19.8. The molecule has 0 bridgehead atoms. The largest absolute Gasteiger partial charge is 0.494 e. The molecule has 0 amide bonds. The molecule has 0 unspecified atom stereocenters. The Kier molecular flexibility index (Phi) is 8.49. The third-order valence-corrected chi connectivity index (χ3v) is 3.94. The molecule has 2 aromatic rings. The van der Waals surface area contributed by atoms with Crippen LogP contribution in [0.1, 0.15) is 17.5 Å². The van der Waals surface area contributed by atoms with Gasteiger partial charge in [0.15, 0.2) is 5.96 Å². The van der Waals surface area contributed by atoms with Crippen molar-refractivity contribution in [1.29, 1.82) is 0 Å². The van der Waals surface area contributed by atoms with E-state index in [1.807, 2.05) is 42.5 Å². The van der Waals surface area contributed by atoms with Crippen molar-refractivity contribution in [3.8, 4) is 5.75 Å². The summed E-state index contributed by atoms with van der Waals surface area (Å²) in [4.78, 5) is 6.54. The van der Waals surface area contributed by atoms with E-state index in [0.29, 0.717) is 12.5 Å². The van der Waals surface area contributed by atoms with Crippen LogP contribution in [0.15, 0.2) is 59.6 Å². The molecule has 0 heterocycles. The van der Waals surface area contributed by atoms with Gasteiger partial charge in [0.25, 0.3) is 0 Å². The summed E-state index contributed by atoms with van der Waals surface area (Å²) >= 11 is 0. The molecule has 2 rings (SSSR count). The van der Waals surface area contributed by atoms with Crippen LogP contribution in [0.25, 0.3) is 0 Å². The van der Waals surface area contributed by atoms with E-state index in [-0.39, 0.29) is 0 Å². The molecular formula is C21H30N4O. The molecule has 0 spiro atoms. The van der Waals surface area contributed by atoms with E-state index in [0.717, 1.165) is 43.9 Å². The highest BCUT2D eigenvalue weighted by Gasteiger charge is 1.98. The lowest BCUT2D eigenvalue weighted by molar-refractivity contribution is 0.281. The molecule has 0 aromatic heterocycles. The van der Waals surface area contributed by atoms with Crippen molar-refractivity contribution < 1.29 is 4.74 Å². The van der Waals surface area contributed by atoms with Gasteiger partial charge in [-0.15, -0.1) is 0 Å². The second-order valence-electron chi connectivity index (χ2n) is 6.51. The van der Waals surface area contributed by atoms with Crippen molar-refractivity contribution >= 4 is 5.96 Å². The molecule has 0 aliphatic heterocycles. The topological polar surface area (TPSA) is 62.9 Å². The zero-order valence-electron chi connectivity index (χ0n) is 15.8. The first-order chi connectivity index (χ1) is 12.6. The number of nitrogens with two attached hydrogens (primary N) is 1. The van der Waals surface area contributed by atoms with E-state index in [4.69, 9.17) is 10.5 Å². The highest BCUT2D eigenvalue weighted by Crippen LogP contribution is 2.13. The molecule has 0 aliphatic carbocycles. The first-order valence-electron chi connectivity index (χ1n) is 9.07. The Morgan fingerprint density at radius 1 is 1.04 bits per heavy atom. The zero-order chi connectivity index (χ0) is 18.6. The maximum Gasteiger partial charge on any atom is 0.188 e. The number of guanidine groups is 1.